The Balaban J connectivity index is 2.20. The molecule has 1 N–H and O–H groups in total. The zero-order valence-corrected chi connectivity index (χ0v) is 10.9. The molecule has 0 aliphatic heterocycles. The van der Waals surface area contributed by atoms with Crippen molar-refractivity contribution in [2.45, 2.75) is 13.5 Å². The predicted octanol–water partition coefficient (Wildman–Crippen LogP) is 1.21. The quantitative estimate of drug-likeness (QED) is 0.875. The molecule has 0 bridgehead atoms. The number of anilines is 1. The first-order valence-electron chi connectivity index (χ1n) is 5.93. The molecular formula is C13H16N4O2. The Morgan fingerprint density at radius 3 is 2.58 bits per heavy atom. The number of carbonyl (C=O) groups is 1. The van der Waals surface area contributed by atoms with Crippen LogP contribution in [-0.4, -0.2) is 32.6 Å². The second-order valence-corrected chi connectivity index (χ2v) is 4.47. The first kappa shape index (κ1) is 13.1. The van der Waals surface area contributed by atoms with E-state index in [0.29, 0.717) is 6.54 Å². The molecule has 6 heteroatoms. The number of carboxylic acid groups (broad SMARTS) is 1. The van der Waals surface area contributed by atoms with Gasteiger partial charge in [0.05, 0.1) is 6.54 Å². The van der Waals surface area contributed by atoms with Crippen molar-refractivity contribution in [3.05, 3.63) is 41.7 Å². The van der Waals surface area contributed by atoms with Crippen LogP contribution in [0, 0.1) is 6.92 Å². The van der Waals surface area contributed by atoms with E-state index in [2.05, 4.69) is 10.3 Å². The molecular weight excluding hydrogens is 244 g/mol. The summed E-state index contributed by atoms with van der Waals surface area (Å²) >= 11 is 0. The molecule has 0 saturated carbocycles. The van der Waals surface area contributed by atoms with Gasteiger partial charge >= 0.3 is 5.97 Å². The van der Waals surface area contributed by atoms with E-state index in [-0.39, 0.29) is 6.54 Å². The lowest BCUT2D eigenvalue weighted by molar-refractivity contribution is -0.135. The predicted molar refractivity (Wildman–Crippen MR) is 70.9 cm³/mol. The number of nitrogens with zero attached hydrogens (tertiary/aromatic N) is 4. The molecule has 0 spiro atoms. The highest BCUT2D eigenvalue weighted by Crippen LogP contribution is 2.17. The molecule has 1 heterocycles. The molecule has 6 nitrogen and oxygen atoms in total. The van der Waals surface area contributed by atoms with Crippen LogP contribution in [-0.2, 0) is 18.4 Å². The van der Waals surface area contributed by atoms with Gasteiger partial charge in [0, 0.05) is 18.9 Å². The minimum atomic E-state index is -0.871. The van der Waals surface area contributed by atoms with Gasteiger partial charge in [-0.1, -0.05) is 22.9 Å². The second-order valence-electron chi connectivity index (χ2n) is 4.47. The Hall–Kier alpha value is -2.37. The molecule has 0 saturated heterocycles. The van der Waals surface area contributed by atoms with E-state index in [1.165, 1.54) is 0 Å². The molecule has 0 atom stereocenters. The number of aromatic nitrogens is 3. The van der Waals surface area contributed by atoms with Gasteiger partial charge in [0.25, 0.3) is 0 Å². The van der Waals surface area contributed by atoms with Gasteiger partial charge in [0.2, 0.25) is 0 Å². The van der Waals surface area contributed by atoms with Gasteiger partial charge in [0.15, 0.2) is 0 Å². The number of rotatable bonds is 5. The molecule has 19 heavy (non-hydrogen) atoms. The van der Waals surface area contributed by atoms with Crippen molar-refractivity contribution in [3.63, 3.8) is 0 Å². The fourth-order valence-electron chi connectivity index (χ4n) is 1.82. The van der Waals surface area contributed by atoms with E-state index in [9.17, 15) is 4.79 Å². The van der Waals surface area contributed by atoms with Crippen LogP contribution in [0.15, 0.2) is 30.5 Å². The Kier molecular flexibility index (Phi) is 3.79. The molecule has 100 valence electrons. The van der Waals surface area contributed by atoms with E-state index in [0.717, 1.165) is 16.9 Å². The topological polar surface area (TPSA) is 71.2 Å². The average Bonchev–Trinajstić information content (AvgIpc) is 2.74. The molecule has 2 rings (SSSR count). The van der Waals surface area contributed by atoms with Gasteiger partial charge in [-0.3, -0.25) is 9.48 Å². The van der Waals surface area contributed by atoms with Crippen molar-refractivity contribution >= 4 is 11.7 Å². The van der Waals surface area contributed by atoms with Gasteiger partial charge in [-0.2, -0.15) is 0 Å². The number of hydrogen-bond donors (Lipinski definition) is 1. The fraction of sp³-hybridized carbons (Fsp3) is 0.308. The maximum Gasteiger partial charge on any atom is 0.323 e. The van der Waals surface area contributed by atoms with E-state index >= 15 is 0 Å². The highest BCUT2D eigenvalue weighted by Gasteiger charge is 2.13. The number of hydrogen-bond acceptors (Lipinski definition) is 4. The summed E-state index contributed by atoms with van der Waals surface area (Å²) in [6.07, 6.45) is 1.78. The van der Waals surface area contributed by atoms with Crippen molar-refractivity contribution in [2.75, 3.05) is 11.4 Å². The zero-order valence-electron chi connectivity index (χ0n) is 10.9. The monoisotopic (exact) mass is 260 g/mol. The minimum Gasteiger partial charge on any atom is -0.480 e. The SMILES string of the molecule is Cc1ccc(N(CC(=O)O)Cc2cn(C)nn2)cc1. The van der Waals surface area contributed by atoms with Crippen LogP contribution >= 0.6 is 0 Å². The van der Waals surface area contributed by atoms with Crippen LogP contribution in [0.4, 0.5) is 5.69 Å². The molecule has 0 radical (unpaired) electrons. The second kappa shape index (κ2) is 5.51. The van der Waals surface area contributed by atoms with E-state index in [1.54, 1.807) is 22.8 Å². The zero-order chi connectivity index (χ0) is 13.8. The summed E-state index contributed by atoms with van der Waals surface area (Å²) in [5, 5.41) is 16.8. The van der Waals surface area contributed by atoms with Crippen LogP contribution in [0.25, 0.3) is 0 Å². The summed E-state index contributed by atoms with van der Waals surface area (Å²) in [4.78, 5) is 12.7. The number of aliphatic carboxylic acids is 1. The summed E-state index contributed by atoms with van der Waals surface area (Å²) in [7, 11) is 1.78. The van der Waals surface area contributed by atoms with Crippen LogP contribution in [0.1, 0.15) is 11.3 Å². The van der Waals surface area contributed by atoms with Gasteiger partial charge in [-0.05, 0) is 19.1 Å². The maximum atomic E-state index is 11.0. The van der Waals surface area contributed by atoms with Crippen LogP contribution in [0.2, 0.25) is 0 Å². The number of benzene rings is 1. The van der Waals surface area contributed by atoms with Gasteiger partial charge < -0.3 is 10.0 Å². The highest BCUT2D eigenvalue weighted by molar-refractivity contribution is 5.73. The van der Waals surface area contributed by atoms with Crippen LogP contribution < -0.4 is 4.90 Å². The van der Waals surface area contributed by atoms with Crippen molar-refractivity contribution < 1.29 is 9.90 Å². The highest BCUT2D eigenvalue weighted by atomic mass is 16.4. The minimum absolute atomic E-state index is 0.0698. The number of carboxylic acids is 1. The summed E-state index contributed by atoms with van der Waals surface area (Å²) in [6.45, 7) is 2.34. The standard InChI is InChI=1S/C13H16N4O2/c1-10-3-5-12(6-4-10)17(9-13(18)19)8-11-7-16(2)15-14-11/h3-7H,8-9H2,1-2H3,(H,18,19). The molecule has 1 aromatic carbocycles. The third kappa shape index (κ3) is 3.54. The molecule has 0 aliphatic rings. The molecule has 0 amide bonds. The Bertz CT molecular complexity index is 562. The van der Waals surface area contributed by atoms with Gasteiger partial charge in [-0.25, -0.2) is 0 Å². The fourth-order valence-corrected chi connectivity index (χ4v) is 1.82. The molecule has 2 aromatic rings. The average molecular weight is 260 g/mol. The molecule has 0 unspecified atom stereocenters. The normalized spacial score (nSPS) is 10.4. The van der Waals surface area contributed by atoms with Crippen LogP contribution in [0.3, 0.4) is 0 Å². The summed E-state index contributed by atoms with van der Waals surface area (Å²) in [5.74, 6) is -0.871. The first-order chi connectivity index (χ1) is 9.04. The smallest absolute Gasteiger partial charge is 0.323 e. The number of aryl methyl sites for hydroxylation is 2. The third-order valence-corrected chi connectivity index (χ3v) is 2.73. The van der Waals surface area contributed by atoms with Crippen molar-refractivity contribution in [1.82, 2.24) is 15.0 Å². The largest absolute Gasteiger partial charge is 0.480 e. The summed E-state index contributed by atoms with van der Waals surface area (Å²) < 4.78 is 1.60. The molecule has 0 aliphatic carbocycles. The van der Waals surface area contributed by atoms with E-state index < -0.39 is 5.97 Å². The summed E-state index contributed by atoms with van der Waals surface area (Å²) in [5.41, 5.74) is 2.74. The molecule has 0 fully saturated rings. The Morgan fingerprint density at radius 1 is 1.37 bits per heavy atom. The van der Waals surface area contributed by atoms with Crippen molar-refractivity contribution in [2.24, 2.45) is 7.05 Å². The lowest BCUT2D eigenvalue weighted by Crippen LogP contribution is -2.29. The summed E-state index contributed by atoms with van der Waals surface area (Å²) in [6, 6.07) is 7.74. The van der Waals surface area contributed by atoms with Gasteiger partial charge in [-0.15, -0.1) is 5.10 Å². The van der Waals surface area contributed by atoms with Gasteiger partial charge in [0.1, 0.15) is 12.2 Å². The Labute approximate surface area is 111 Å². The lowest BCUT2D eigenvalue weighted by atomic mass is 10.2. The molecule has 1 aromatic heterocycles. The lowest BCUT2D eigenvalue weighted by Gasteiger charge is -2.21. The Morgan fingerprint density at radius 2 is 2.05 bits per heavy atom. The van der Waals surface area contributed by atoms with E-state index in [4.69, 9.17) is 5.11 Å². The van der Waals surface area contributed by atoms with Crippen molar-refractivity contribution in [3.8, 4) is 0 Å². The van der Waals surface area contributed by atoms with Crippen LogP contribution in [0.5, 0.6) is 0 Å². The maximum absolute atomic E-state index is 11.0. The third-order valence-electron chi connectivity index (χ3n) is 2.73. The van der Waals surface area contributed by atoms with Crippen molar-refractivity contribution in [1.29, 1.82) is 0 Å². The van der Waals surface area contributed by atoms with E-state index in [1.807, 2.05) is 31.2 Å². The first-order valence-corrected chi connectivity index (χ1v) is 5.93.